The van der Waals surface area contributed by atoms with Crippen LogP contribution in [0.25, 0.3) is 0 Å². The van der Waals surface area contributed by atoms with Gasteiger partial charge in [0.05, 0.1) is 28.3 Å². The first-order chi connectivity index (χ1) is 18.6. The first-order valence-corrected chi connectivity index (χ1v) is 14.7. The Bertz CT molecular complexity index is 1660. The highest BCUT2D eigenvalue weighted by Crippen LogP contribution is 2.28. The zero-order valence-electron chi connectivity index (χ0n) is 21.2. The summed E-state index contributed by atoms with van der Waals surface area (Å²) in [5.41, 5.74) is 1.79. The third-order valence-electron chi connectivity index (χ3n) is 5.71. The topological polar surface area (TPSA) is 122 Å². The number of benzene rings is 4. The molecular formula is C28H27N3O6S2. The number of para-hydroxylation sites is 1. The molecule has 0 heterocycles. The van der Waals surface area contributed by atoms with Crippen LogP contribution in [0.1, 0.15) is 5.56 Å². The van der Waals surface area contributed by atoms with Crippen LogP contribution in [0.3, 0.4) is 0 Å². The molecule has 0 aliphatic carbocycles. The number of carbonyl (C=O) groups is 1. The van der Waals surface area contributed by atoms with Gasteiger partial charge in [-0.2, -0.15) is 0 Å². The van der Waals surface area contributed by atoms with Crippen molar-refractivity contribution in [3.05, 3.63) is 109 Å². The van der Waals surface area contributed by atoms with Crippen LogP contribution in [-0.4, -0.2) is 36.4 Å². The number of rotatable bonds is 10. The molecule has 39 heavy (non-hydrogen) atoms. The van der Waals surface area contributed by atoms with Crippen LogP contribution in [0.4, 0.5) is 17.1 Å². The summed E-state index contributed by atoms with van der Waals surface area (Å²) in [6.45, 7) is 1.34. The fourth-order valence-corrected chi connectivity index (χ4v) is 6.29. The molecule has 1 amide bonds. The van der Waals surface area contributed by atoms with Gasteiger partial charge in [0, 0.05) is 5.69 Å². The van der Waals surface area contributed by atoms with Crippen LogP contribution in [0.5, 0.6) is 5.75 Å². The Labute approximate surface area is 228 Å². The number of methoxy groups -OCH3 is 1. The third-order valence-corrected chi connectivity index (χ3v) is 8.88. The van der Waals surface area contributed by atoms with E-state index in [9.17, 15) is 21.6 Å². The number of carbonyl (C=O) groups excluding carboxylic acids is 1. The lowest BCUT2D eigenvalue weighted by Crippen LogP contribution is -2.38. The summed E-state index contributed by atoms with van der Waals surface area (Å²) in [6.07, 6.45) is 0. The Morgan fingerprint density at radius 1 is 0.795 bits per heavy atom. The molecule has 0 saturated heterocycles. The van der Waals surface area contributed by atoms with Gasteiger partial charge in [-0.3, -0.25) is 13.8 Å². The van der Waals surface area contributed by atoms with Gasteiger partial charge in [0.15, 0.2) is 0 Å². The van der Waals surface area contributed by atoms with Crippen LogP contribution in [0.2, 0.25) is 0 Å². The molecule has 0 bridgehead atoms. The Morgan fingerprint density at radius 3 is 2.03 bits per heavy atom. The highest BCUT2D eigenvalue weighted by Gasteiger charge is 2.27. The molecule has 0 saturated carbocycles. The lowest BCUT2D eigenvalue weighted by molar-refractivity contribution is -0.114. The standard InChI is InChI=1S/C28H27N3O6S2/c1-21-13-18-27(37-2)26(19-21)30-38(33,34)24-16-14-22(15-17-24)29-28(32)20-31(23-9-5-3-6-10-23)39(35,36)25-11-7-4-8-12-25/h3-19,30H,20H2,1-2H3,(H,29,32). The second-order valence-corrected chi connectivity index (χ2v) is 12.1. The fourth-order valence-electron chi connectivity index (χ4n) is 3.78. The number of nitrogens with one attached hydrogen (secondary N) is 2. The highest BCUT2D eigenvalue weighted by atomic mass is 32.2. The summed E-state index contributed by atoms with van der Waals surface area (Å²) < 4.78 is 61.4. The first kappa shape index (κ1) is 27.7. The molecule has 4 rings (SSSR count). The van der Waals surface area contributed by atoms with E-state index in [1.165, 1.54) is 43.5 Å². The van der Waals surface area contributed by atoms with Crippen molar-refractivity contribution in [1.82, 2.24) is 0 Å². The van der Waals surface area contributed by atoms with Crippen LogP contribution in [0.15, 0.2) is 113 Å². The van der Waals surface area contributed by atoms with E-state index in [4.69, 9.17) is 4.74 Å². The summed E-state index contributed by atoms with van der Waals surface area (Å²) in [5.74, 6) is -0.224. The Balaban J connectivity index is 1.51. The minimum absolute atomic E-state index is 0.0263. The number of ether oxygens (including phenoxy) is 1. The number of hydrogen-bond donors (Lipinski definition) is 2. The number of anilines is 3. The van der Waals surface area contributed by atoms with Crippen molar-refractivity contribution < 1.29 is 26.4 Å². The summed E-state index contributed by atoms with van der Waals surface area (Å²) in [6, 6.07) is 26.8. The molecule has 4 aromatic rings. The van der Waals surface area contributed by atoms with E-state index in [1.54, 1.807) is 66.7 Å². The van der Waals surface area contributed by atoms with Crippen molar-refractivity contribution >= 4 is 43.0 Å². The largest absolute Gasteiger partial charge is 0.495 e. The maximum Gasteiger partial charge on any atom is 0.264 e. The maximum absolute atomic E-state index is 13.4. The van der Waals surface area contributed by atoms with Crippen LogP contribution >= 0.6 is 0 Å². The van der Waals surface area contributed by atoms with Crippen molar-refractivity contribution in [2.75, 3.05) is 28.0 Å². The van der Waals surface area contributed by atoms with E-state index in [-0.39, 0.29) is 9.79 Å². The van der Waals surface area contributed by atoms with Crippen molar-refractivity contribution in [2.45, 2.75) is 16.7 Å². The smallest absolute Gasteiger partial charge is 0.264 e. The predicted octanol–water partition coefficient (Wildman–Crippen LogP) is 4.64. The molecule has 0 unspecified atom stereocenters. The minimum atomic E-state index is -4.03. The van der Waals surface area contributed by atoms with Gasteiger partial charge in [-0.25, -0.2) is 16.8 Å². The van der Waals surface area contributed by atoms with E-state index in [0.717, 1.165) is 9.87 Å². The van der Waals surface area contributed by atoms with Crippen molar-refractivity contribution in [1.29, 1.82) is 0 Å². The third kappa shape index (κ3) is 6.57. The molecule has 0 spiro atoms. The molecule has 0 aliphatic rings. The number of sulfonamides is 2. The SMILES string of the molecule is COc1ccc(C)cc1NS(=O)(=O)c1ccc(NC(=O)CN(c2ccccc2)S(=O)(=O)c2ccccc2)cc1. The zero-order valence-corrected chi connectivity index (χ0v) is 22.9. The predicted molar refractivity (Wildman–Crippen MR) is 151 cm³/mol. The van der Waals surface area contributed by atoms with Gasteiger partial charge >= 0.3 is 0 Å². The Morgan fingerprint density at radius 2 is 1.41 bits per heavy atom. The highest BCUT2D eigenvalue weighted by molar-refractivity contribution is 7.93. The number of nitrogens with zero attached hydrogens (tertiary/aromatic N) is 1. The average Bonchev–Trinajstić information content (AvgIpc) is 2.93. The second-order valence-electron chi connectivity index (χ2n) is 8.54. The molecule has 202 valence electrons. The van der Waals surface area contributed by atoms with Gasteiger partial charge < -0.3 is 10.1 Å². The molecule has 11 heteroatoms. The quantitative estimate of drug-likeness (QED) is 0.289. The minimum Gasteiger partial charge on any atom is -0.495 e. The van der Waals surface area contributed by atoms with Gasteiger partial charge in [0.25, 0.3) is 20.0 Å². The molecule has 2 N–H and O–H groups in total. The molecule has 0 fully saturated rings. The van der Waals surface area contributed by atoms with Crippen LogP contribution in [0, 0.1) is 6.92 Å². The zero-order chi connectivity index (χ0) is 28.0. The molecule has 0 radical (unpaired) electrons. The molecule has 0 atom stereocenters. The lowest BCUT2D eigenvalue weighted by Gasteiger charge is -2.24. The van der Waals surface area contributed by atoms with Gasteiger partial charge in [0.1, 0.15) is 12.3 Å². The number of amides is 1. The normalized spacial score (nSPS) is 11.4. The summed E-state index contributed by atoms with van der Waals surface area (Å²) in [5, 5.41) is 2.64. The van der Waals surface area contributed by atoms with Gasteiger partial charge in [0.2, 0.25) is 5.91 Å². The molecule has 0 aliphatic heterocycles. The van der Waals surface area contributed by atoms with Crippen LogP contribution in [-0.2, 0) is 24.8 Å². The van der Waals surface area contributed by atoms with E-state index < -0.39 is 32.5 Å². The first-order valence-electron chi connectivity index (χ1n) is 11.8. The molecule has 0 aromatic heterocycles. The van der Waals surface area contributed by atoms with Crippen LogP contribution < -0.4 is 19.1 Å². The number of hydrogen-bond acceptors (Lipinski definition) is 6. The van der Waals surface area contributed by atoms with Gasteiger partial charge in [-0.05, 0) is 73.2 Å². The van der Waals surface area contributed by atoms with E-state index >= 15 is 0 Å². The Hall–Kier alpha value is -4.35. The van der Waals surface area contributed by atoms with E-state index in [2.05, 4.69) is 10.0 Å². The summed E-state index contributed by atoms with van der Waals surface area (Å²) >= 11 is 0. The van der Waals surface area contributed by atoms with E-state index in [1.807, 2.05) is 6.92 Å². The average molecular weight is 566 g/mol. The summed E-state index contributed by atoms with van der Waals surface area (Å²) in [7, 11) is -6.53. The Kier molecular flexibility index (Phi) is 8.22. The molecule has 4 aromatic carbocycles. The lowest BCUT2D eigenvalue weighted by atomic mass is 10.2. The van der Waals surface area contributed by atoms with Gasteiger partial charge in [-0.15, -0.1) is 0 Å². The fraction of sp³-hybridized carbons (Fsp3) is 0.107. The van der Waals surface area contributed by atoms with Gasteiger partial charge in [-0.1, -0.05) is 42.5 Å². The van der Waals surface area contributed by atoms with Crippen molar-refractivity contribution in [2.24, 2.45) is 0 Å². The summed E-state index contributed by atoms with van der Waals surface area (Å²) in [4.78, 5) is 13.0. The monoisotopic (exact) mass is 565 g/mol. The molecular weight excluding hydrogens is 538 g/mol. The number of aryl methyl sites for hydroxylation is 1. The van der Waals surface area contributed by atoms with E-state index in [0.29, 0.717) is 22.8 Å². The van der Waals surface area contributed by atoms with Crippen molar-refractivity contribution in [3.8, 4) is 5.75 Å². The molecule has 9 nitrogen and oxygen atoms in total. The van der Waals surface area contributed by atoms with Crippen molar-refractivity contribution in [3.63, 3.8) is 0 Å². The maximum atomic E-state index is 13.4. The second kappa shape index (κ2) is 11.6.